The van der Waals surface area contributed by atoms with Crippen LogP contribution in [0, 0.1) is 5.82 Å². The average molecular weight is 470 g/mol. The fraction of sp³-hybridized carbons (Fsp3) is 0.125. The number of carbonyl (C=O) groups is 3. The Bertz CT molecular complexity index is 1170. The van der Waals surface area contributed by atoms with Crippen molar-refractivity contribution >= 4 is 40.7 Å². The van der Waals surface area contributed by atoms with Gasteiger partial charge in [0, 0.05) is 7.05 Å². The molecule has 33 heavy (non-hydrogen) atoms. The van der Waals surface area contributed by atoms with Crippen LogP contribution < -0.4 is 15.4 Å². The number of ether oxygens (including phenoxy) is 1. The van der Waals surface area contributed by atoms with Gasteiger partial charge in [-0.05, 0) is 36.4 Å². The SMILES string of the molecule is CN(CC(=O)Nc1ccccc1Cl)C(=O)c1ccccc1OCC(=O)Nc1ccccc1F. The lowest BCUT2D eigenvalue weighted by atomic mass is 10.1. The molecule has 0 fully saturated rings. The summed E-state index contributed by atoms with van der Waals surface area (Å²) in [5.41, 5.74) is 0.638. The first-order valence-electron chi connectivity index (χ1n) is 9.91. The maximum Gasteiger partial charge on any atom is 0.262 e. The second kappa shape index (κ2) is 11.1. The van der Waals surface area contributed by atoms with Crippen molar-refractivity contribution in [2.45, 2.75) is 0 Å². The van der Waals surface area contributed by atoms with Gasteiger partial charge in [-0.1, -0.05) is 48.0 Å². The van der Waals surface area contributed by atoms with Crippen molar-refractivity contribution in [1.29, 1.82) is 0 Å². The number of amides is 3. The van der Waals surface area contributed by atoms with Crippen molar-refractivity contribution in [3.8, 4) is 5.75 Å². The number of hydrogen-bond donors (Lipinski definition) is 2. The van der Waals surface area contributed by atoms with Crippen LogP contribution in [-0.4, -0.2) is 42.8 Å². The van der Waals surface area contributed by atoms with Gasteiger partial charge >= 0.3 is 0 Å². The van der Waals surface area contributed by atoms with Gasteiger partial charge in [-0.25, -0.2) is 4.39 Å². The standard InChI is InChI=1S/C24H21ClFN3O4/c1-29(14-22(30)27-19-11-5-3-9-17(19)25)24(32)16-8-2-7-13-21(16)33-15-23(31)28-20-12-6-4-10-18(20)26/h2-13H,14-15H2,1H3,(H,27,30)(H,28,31). The summed E-state index contributed by atoms with van der Waals surface area (Å²) in [5, 5.41) is 5.44. The Morgan fingerprint density at radius 1 is 0.879 bits per heavy atom. The summed E-state index contributed by atoms with van der Waals surface area (Å²) in [6, 6.07) is 18.8. The zero-order valence-electron chi connectivity index (χ0n) is 17.7. The smallest absolute Gasteiger partial charge is 0.262 e. The number of hydrogen-bond acceptors (Lipinski definition) is 4. The molecule has 3 rings (SSSR count). The molecule has 0 aliphatic heterocycles. The number of benzene rings is 3. The second-order valence-electron chi connectivity index (χ2n) is 7.00. The van der Waals surface area contributed by atoms with Gasteiger partial charge in [0.25, 0.3) is 11.8 Å². The highest BCUT2D eigenvalue weighted by Crippen LogP contribution is 2.22. The molecule has 3 aromatic carbocycles. The van der Waals surface area contributed by atoms with E-state index in [1.807, 2.05) is 0 Å². The molecule has 2 N–H and O–H groups in total. The Hall–Kier alpha value is -3.91. The number of nitrogens with zero attached hydrogens (tertiary/aromatic N) is 1. The average Bonchev–Trinajstić information content (AvgIpc) is 2.80. The van der Waals surface area contributed by atoms with Crippen LogP contribution in [0.25, 0.3) is 0 Å². The summed E-state index contributed by atoms with van der Waals surface area (Å²) < 4.78 is 19.2. The van der Waals surface area contributed by atoms with E-state index in [0.29, 0.717) is 10.7 Å². The highest BCUT2D eigenvalue weighted by molar-refractivity contribution is 6.33. The highest BCUT2D eigenvalue weighted by atomic mass is 35.5. The van der Waals surface area contributed by atoms with E-state index in [0.717, 1.165) is 0 Å². The summed E-state index contributed by atoms with van der Waals surface area (Å²) in [5.74, 6) is -1.91. The first-order chi connectivity index (χ1) is 15.8. The molecule has 0 spiro atoms. The third-order valence-electron chi connectivity index (χ3n) is 4.50. The van der Waals surface area contributed by atoms with E-state index in [1.165, 1.54) is 42.3 Å². The predicted molar refractivity (Wildman–Crippen MR) is 124 cm³/mol. The number of carbonyl (C=O) groups excluding carboxylic acids is 3. The van der Waals surface area contributed by atoms with E-state index >= 15 is 0 Å². The molecule has 0 saturated carbocycles. The maximum absolute atomic E-state index is 13.7. The summed E-state index contributed by atoms with van der Waals surface area (Å²) in [4.78, 5) is 38.6. The summed E-state index contributed by atoms with van der Waals surface area (Å²) in [7, 11) is 1.47. The lowest BCUT2D eigenvalue weighted by Crippen LogP contribution is -2.35. The van der Waals surface area contributed by atoms with E-state index in [1.54, 1.807) is 42.5 Å². The minimum absolute atomic E-state index is 0.0275. The quantitative estimate of drug-likeness (QED) is 0.517. The van der Waals surface area contributed by atoms with Gasteiger partial charge in [0.2, 0.25) is 5.91 Å². The van der Waals surface area contributed by atoms with Crippen molar-refractivity contribution in [3.05, 3.63) is 89.2 Å². The molecule has 9 heteroatoms. The zero-order chi connectivity index (χ0) is 23.8. The van der Waals surface area contributed by atoms with E-state index in [4.69, 9.17) is 16.3 Å². The molecular weight excluding hydrogens is 449 g/mol. The third-order valence-corrected chi connectivity index (χ3v) is 4.83. The Kier molecular flexibility index (Phi) is 7.99. The molecule has 0 aromatic heterocycles. The first kappa shape index (κ1) is 23.7. The van der Waals surface area contributed by atoms with E-state index in [-0.39, 0.29) is 23.5 Å². The van der Waals surface area contributed by atoms with Crippen molar-refractivity contribution in [2.75, 3.05) is 30.8 Å². The molecule has 170 valence electrons. The van der Waals surface area contributed by atoms with Crippen LogP contribution >= 0.6 is 11.6 Å². The van der Waals surface area contributed by atoms with Gasteiger partial charge in [-0.2, -0.15) is 0 Å². The van der Waals surface area contributed by atoms with E-state index in [2.05, 4.69) is 10.6 Å². The van der Waals surface area contributed by atoms with Crippen LogP contribution in [0.5, 0.6) is 5.75 Å². The molecule has 3 aromatic rings. The molecular formula is C24H21ClFN3O4. The number of nitrogens with one attached hydrogen (secondary N) is 2. The number of rotatable bonds is 8. The normalized spacial score (nSPS) is 10.3. The van der Waals surface area contributed by atoms with E-state index < -0.39 is 30.1 Å². The zero-order valence-corrected chi connectivity index (χ0v) is 18.4. The summed E-state index contributed by atoms with van der Waals surface area (Å²) in [6.45, 7) is -0.665. The molecule has 0 atom stereocenters. The van der Waals surface area contributed by atoms with Crippen LogP contribution in [0.2, 0.25) is 5.02 Å². The Morgan fingerprint density at radius 2 is 1.48 bits per heavy atom. The molecule has 0 bridgehead atoms. The largest absolute Gasteiger partial charge is 0.483 e. The number of likely N-dealkylation sites (N-methyl/N-ethyl adjacent to an activating group) is 1. The van der Waals surface area contributed by atoms with Crippen LogP contribution in [0.4, 0.5) is 15.8 Å². The molecule has 0 heterocycles. The fourth-order valence-electron chi connectivity index (χ4n) is 2.91. The molecule has 0 aliphatic carbocycles. The monoisotopic (exact) mass is 469 g/mol. The predicted octanol–water partition coefficient (Wildman–Crippen LogP) is 4.21. The Balaban J connectivity index is 1.60. The van der Waals surface area contributed by atoms with Crippen LogP contribution in [0.15, 0.2) is 72.8 Å². The van der Waals surface area contributed by atoms with Crippen LogP contribution in [-0.2, 0) is 9.59 Å². The van der Waals surface area contributed by atoms with E-state index in [9.17, 15) is 18.8 Å². The van der Waals surface area contributed by atoms with Gasteiger partial charge in [0.05, 0.1) is 28.5 Å². The van der Waals surface area contributed by atoms with Gasteiger partial charge in [-0.3, -0.25) is 14.4 Å². The van der Waals surface area contributed by atoms with Gasteiger partial charge in [0.1, 0.15) is 11.6 Å². The minimum Gasteiger partial charge on any atom is -0.483 e. The highest BCUT2D eigenvalue weighted by Gasteiger charge is 2.20. The molecule has 0 saturated heterocycles. The topological polar surface area (TPSA) is 87.7 Å². The third kappa shape index (κ3) is 6.54. The Labute approximate surface area is 195 Å². The minimum atomic E-state index is -0.588. The lowest BCUT2D eigenvalue weighted by Gasteiger charge is -2.19. The van der Waals surface area contributed by atoms with Crippen molar-refractivity contribution in [1.82, 2.24) is 4.90 Å². The van der Waals surface area contributed by atoms with Crippen LogP contribution in [0.1, 0.15) is 10.4 Å². The first-order valence-corrected chi connectivity index (χ1v) is 10.3. The second-order valence-corrected chi connectivity index (χ2v) is 7.41. The number of halogens is 2. The fourth-order valence-corrected chi connectivity index (χ4v) is 3.09. The maximum atomic E-state index is 13.7. The number of anilines is 2. The summed E-state index contributed by atoms with van der Waals surface area (Å²) >= 11 is 6.04. The van der Waals surface area contributed by atoms with Gasteiger partial charge in [0.15, 0.2) is 6.61 Å². The summed E-state index contributed by atoms with van der Waals surface area (Å²) in [6.07, 6.45) is 0. The number of para-hydroxylation sites is 3. The van der Waals surface area contributed by atoms with Gasteiger partial charge in [-0.15, -0.1) is 0 Å². The lowest BCUT2D eigenvalue weighted by molar-refractivity contribution is -0.118. The van der Waals surface area contributed by atoms with Crippen LogP contribution in [0.3, 0.4) is 0 Å². The molecule has 0 radical (unpaired) electrons. The van der Waals surface area contributed by atoms with Crippen molar-refractivity contribution in [3.63, 3.8) is 0 Å². The molecule has 3 amide bonds. The van der Waals surface area contributed by atoms with Crippen molar-refractivity contribution < 1.29 is 23.5 Å². The van der Waals surface area contributed by atoms with Gasteiger partial charge < -0.3 is 20.3 Å². The molecule has 0 unspecified atom stereocenters. The molecule has 0 aliphatic rings. The molecule has 7 nitrogen and oxygen atoms in total. The van der Waals surface area contributed by atoms with Crippen molar-refractivity contribution in [2.24, 2.45) is 0 Å². The Morgan fingerprint density at radius 3 is 2.21 bits per heavy atom.